The highest BCUT2D eigenvalue weighted by atomic mass is 16.3. The van der Waals surface area contributed by atoms with Gasteiger partial charge in [0.15, 0.2) is 0 Å². The summed E-state index contributed by atoms with van der Waals surface area (Å²) in [6.45, 7) is 3.67. The van der Waals surface area contributed by atoms with Gasteiger partial charge >= 0.3 is 0 Å². The second kappa shape index (κ2) is 4.60. The molecule has 15 heavy (non-hydrogen) atoms. The van der Waals surface area contributed by atoms with Gasteiger partial charge in [-0.3, -0.25) is 0 Å². The van der Waals surface area contributed by atoms with Crippen LogP contribution in [0, 0.1) is 6.92 Å². The fourth-order valence-corrected chi connectivity index (χ4v) is 1.98. The van der Waals surface area contributed by atoms with Crippen molar-refractivity contribution in [2.75, 3.05) is 13.1 Å². The number of hydrogen-bond acceptors (Lipinski definition) is 2. The Balaban J connectivity index is 2.08. The normalized spacial score (nSPS) is 21.2. The third kappa shape index (κ3) is 2.91. The monoisotopic (exact) mass is 203 g/mol. The summed E-state index contributed by atoms with van der Waals surface area (Å²) in [5.41, 5.74) is 3.88. The molecule has 1 aromatic carbocycles. The van der Waals surface area contributed by atoms with Gasteiger partial charge in [-0.1, -0.05) is 41.5 Å². The average Bonchev–Trinajstić information content (AvgIpc) is 2.17. The topological polar surface area (TPSA) is 32.3 Å². The van der Waals surface area contributed by atoms with Crippen LogP contribution in [0.1, 0.15) is 11.1 Å². The van der Waals surface area contributed by atoms with Crippen molar-refractivity contribution in [2.45, 2.75) is 19.4 Å². The Hall–Kier alpha value is -1.12. The number of hydrogen-bond donors (Lipinski definition) is 2. The second-order valence-corrected chi connectivity index (χ2v) is 4.19. The predicted molar refractivity (Wildman–Crippen MR) is 61.8 cm³/mol. The quantitative estimate of drug-likeness (QED) is 0.713. The lowest BCUT2D eigenvalue weighted by Gasteiger charge is -2.18. The van der Waals surface area contributed by atoms with Crippen LogP contribution in [0.4, 0.5) is 0 Å². The fourth-order valence-electron chi connectivity index (χ4n) is 1.98. The van der Waals surface area contributed by atoms with Crippen LogP contribution in [-0.4, -0.2) is 24.3 Å². The SMILES string of the molecule is Cc1cccc(CC2=CC(O)CNC2)c1. The second-order valence-electron chi connectivity index (χ2n) is 4.19. The third-order valence-corrected chi connectivity index (χ3v) is 2.65. The molecule has 0 fully saturated rings. The molecule has 0 aliphatic carbocycles. The number of β-amino-alcohol motifs (C(OH)–C–C–N with tert-alkyl or cyclic N) is 1. The van der Waals surface area contributed by atoms with Crippen molar-refractivity contribution >= 4 is 0 Å². The van der Waals surface area contributed by atoms with Crippen molar-refractivity contribution in [1.29, 1.82) is 0 Å². The Morgan fingerprint density at radius 1 is 1.47 bits per heavy atom. The summed E-state index contributed by atoms with van der Waals surface area (Å²) in [7, 11) is 0. The van der Waals surface area contributed by atoms with E-state index in [0.29, 0.717) is 6.54 Å². The molecule has 2 N–H and O–H groups in total. The Morgan fingerprint density at radius 2 is 2.33 bits per heavy atom. The van der Waals surface area contributed by atoms with E-state index in [9.17, 15) is 5.11 Å². The minimum absolute atomic E-state index is 0.321. The summed E-state index contributed by atoms with van der Waals surface area (Å²) >= 11 is 0. The molecule has 1 atom stereocenters. The van der Waals surface area contributed by atoms with Gasteiger partial charge in [0.2, 0.25) is 0 Å². The molecule has 2 heteroatoms. The highest BCUT2D eigenvalue weighted by molar-refractivity contribution is 5.28. The van der Waals surface area contributed by atoms with Crippen molar-refractivity contribution in [3.8, 4) is 0 Å². The van der Waals surface area contributed by atoms with Crippen molar-refractivity contribution in [1.82, 2.24) is 5.32 Å². The van der Waals surface area contributed by atoms with Gasteiger partial charge in [0.25, 0.3) is 0 Å². The molecule has 0 spiro atoms. The third-order valence-electron chi connectivity index (χ3n) is 2.65. The molecular formula is C13H17NO. The molecule has 1 aliphatic rings. The lowest BCUT2D eigenvalue weighted by atomic mass is 10.00. The first kappa shape index (κ1) is 10.4. The molecule has 1 heterocycles. The first-order chi connectivity index (χ1) is 7.24. The summed E-state index contributed by atoms with van der Waals surface area (Å²) in [6.07, 6.45) is 2.59. The van der Waals surface area contributed by atoms with E-state index in [1.54, 1.807) is 0 Å². The molecule has 2 rings (SSSR count). The molecule has 1 aliphatic heterocycles. The molecule has 1 unspecified atom stereocenters. The number of nitrogens with one attached hydrogen (secondary N) is 1. The summed E-state index contributed by atoms with van der Waals surface area (Å²) in [5, 5.41) is 12.7. The van der Waals surface area contributed by atoms with E-state index in [1.165, 1.54) is 16.7 Å². The minimum Gasteiger partial charge on any atom is -0.388 e. The van der Waals surface area contributed by atoms with E-state index in [-0.39, 0.29) is 6.10 Å². The smallest absolute Gasteiger partial charge is 0.0848 e. The summed E-state index contributed by atoms with van der Waals surface area (Å²) in [5.74, 6) is 0. The van der Waals surface area contributed by atoms with Crippen LogP contribution in [-0.2, 0) is 6.42 Å². The summed E-state index contributed by atoms with van der Waals surface area (Å²) in [4.78, 5) is 0. The van der Waals surface area contributed by atoms with E-state index in [0.717, 1.165) is 13.0 Å². The van der Waals surface area contributed by atoms with Gasteiger partial charge in [-0.05, 0) is 18.9 Å². The van der Waals surface area contributed by atoms with Gasteiger partial charge in [0, 0.05) is 13.1 Å². The van der Waals surface area contributed by atoms with Gasteiger partial charge < -0.3 is 10.4 Å². The van der Waals surface area contributed by atoms with E-state index in [4.69, 9.17) is 0 Å². The number of rotatable bonds is 2. The van der Waals surface area contributed by atoms with Crippen molar-refractivity contribution < 1.29 is 5.11 Å². The molecule has 0 bridgehead atoms. The van der Waals surface area contributed by atoms with Crippen LogP contribution in [0.25, 0.3) is 0 Å². The fraction of sp³-hybridized carbons (Fsp3) is 0.385. The molecule has 0 saturated heterocycles. The number of aliphatic hydroxyl groups excluding tert-OH is 1. The number of aliphatic hydroxyl groups is 1. The molecule has 0 aromatic heterocycles. The van der Waals surface area contributed by atoms with Crippen LogP contribution in [0.2, 0.25) is 0 Å². The standard InChI is InChI=1S/C13H17NO/c1-10-3-2-4-11(5-10)6-12-7-13(15)9-14-8-12/h2-5,7,13-15H,6,8-9H2,1H3. The van der Waals surface area contributed by atoms with Gasteiger partial charge in [0.05, 0.1) is 6.10 Å². The van der Waals surface area contributed by atoms with Gasteiger partial charge in [-0.2, -0.15) is 0 Å². The first-order valence-corrected chi connectivity index (χ1v) is 5.38. The first-order valence-electron chi connectivity index (χ1n) is 5.38. The van der Waals surface area contributed by atoms with E-state index < -0.39 is 0 Å². The maximum absolute atomic E-state index is 9.47. The van der Waals surface area contributed by atoms with Crippen LogP contribution in [0.15, 0.2) is 35.9 Å². The molecule has 1 aromatic rings. The Morgan fingerprint density at radius 3 is 3.07 bits per heavy atom. The molecule has 0 radical (unpaired) electrons. The van der Waals surface area contributed by atoms with Gasteiger partial charge in [-0.25, -0.2) is 0 Å². The zero-order valence-corrected chi connectivity index (χ0v) is 9.03. The summed E-state index contributed by atoms with van der Waals surface area (Å²) in [6, 6.07) is 8.51. The van der Waals surface area contributed by atoms with Crippen molar-refractivity contribution in [2.24, 2.45) is 0 Å². The number of benzene rings is 1. The maximum Gasteiger partial charge on any atom is 0.0848 e. The Bertz CT molecular complexity index is 371. The lowest BCUT2D eigenvalue weighted by molar-refractivity contribution is 0.213. The maximum atomic E-state index is 9.47. The zero-order valence-electron chi connectivity index (χ0n) is 9.03. The van der Waals surface area contributed by atoms with Crippen LogP contribution >= 0.6 is 0 Å². The largest absolute Gasteiger partial charge is 0.388 e. The average molecular weight is 203 g/mol. The van der Waals surface area contributed by atoms with E-state index in [2.05, 4.69) is 36.5 Å². The molecular weight excluding hydrogens is 186 g/mol. The molecule has 2 nitrogen and oxygen atoms in total. The number of aryl methyl sites for hydroxylation is 1. The molecule has 0 amide bonds. The molecule has 0 saturated carbocycles. The lowest BCUT2D eigenvalue weighted by Crippen LogP contribution is -2.32. The minimum atomic E-state index is -0.321. The zero-order chi connectivity index (χ0) is 10.7. The van der Waals surface area contributed by atoms with Gasteiger partial charge in [0.1, 0.15) is 0 Å². The highest BCUT2D eigenvalue weighted by Gasteiger charge is 2.10. The van der Waals surface area contributed by atoms with Gasteiger partial charge in [-0.15, -0.1) is 0 Å². The van der Waals surface area contributed by atoms with Crippen LogP contribution < -0.4 is 5.32 Å². The van der Waals surface area contributed by atoms with Crippen LogP contribution in [0.5, 0.6) is 0 Å². The van der Waals surface area contributed by atoms with E-state index in [1.807, 2.05) is 6.08 Å². The summed E-state index contributed by atoms with van der Waals surface area (Å²) < 4.78 is 0. The van der Waals surface area contributed by atoms with E-state index >= 15 is 0 Å². The van der Waals surface area contributed by atoms with Crippen molar-refractivity contribution in [3.05, 3.63) is 47.0 Å². The Labute approximate surface area is 90.6 Å². The van der Waals surface area contributed by atoms with Crippen LogP contribution in [0.3, 0.4) is 0 Å². The predicted octanol–water partition coefficient (Wildman–Crippen LogP) is 1.43. The highest BCUT2D eigenvalue weighted by Crippen LogP contribution is 2.12. The van der Waals surface area contributed by atoms with Crippen molar-refractivity contribution in [3.63, 3.8) is 0 Å². The molecule has 80 valence electrons. The Kier molecular flexibility index (Phi) is 3.19.